The molecular formula is C11H14N4. The van der Waals surface area contributed by atoms with Crippen molar-refractivity contribution in [1.82, 2.24) is 14.5 Å². The van der Waals surface area contributed by atoms with Crippen LogP contribution < -0.4 is 5.73 Å². The van der Waals surface area contributed by atoms with Crippen molar-refractivity contribution >= 4 is 5.95 Å². The summed E-state index contributed by atoms with van der Waals surface area (Å²) in [5, 5.41) is 0. The fraction of sp³-hybridized carbons (Fsp3) is 0.273. The first-order valence-corrected chi connectivity index (χ1v) is 4.92. The fourth-order valence-corrected chi connectivity index (χ4v) is 1.48. The highest BCUT2D eigenvalue weighted by molar-refractivity contribution is 5.22. The lowest BCUT2D eigenvalue weighted by Crippen LogP contribution is -1.95. The quantitative estimate of drug-likeness (QED) is 0.813. The zero-order chi connectivity index (χ0) is 10.7. The van der Waals surface area contributed by atoms with E-state index in [2.05, 4.69) is 16.0 Å². The van der Waals surface area contributed by atoms with Crippen LogP contribution in [0, 0.1) is 0 Å². The lowest BCUT2D eigenvalue weighted by Gasteiger charge is -1.97. The van der Waals surface area contributed by atoms with E-state index in [0.29, 0.717) is 5.95 Å². The van der Waals surface area contributed by atoms with Gasteiger partial charge in [0, 0.05) is 25.6 Å². The zero-order valence-corrected chi connectivity index (χ0v) is 8.72. The van der Waals surface area contributed by atoms with Crippen LogP contribution in [-0.4, -0.2) is 14.5 Å². The van der Waals surface area contributed by atoms with Gasteiger partial charge in [-0.05, 0) is 24.5 Å². The minimum atomic E-state index is 0.566. The average Bonchev–Trinajstić information content (AvgIpc) is 2.57. The number of nitrogen functional groups attached to an aromatic ring is 1. The summed E-state index contributed by atoms with van der Waals surface area (Å²) in [5.41, 5.74) is 7.90. The molecule has 2 aromatic rings. The van der Waals surface area contributed by atoms with Crippen molar-refractivity contribution in [2.75, 3.05) is 5.73 Å². The van der Waals surface area contributed by atoms with Crippen LogP contribution in [-0.2, 0) is 19.9 Å². The smallest absolute Gasteiger partial charge is 0.200 e. The highest BCUT2D eigenvalue weighted by Crippen LogP contribution is 2.07. The number of nitrogens with zero attached hydrogens (tertiary/aromatic N) is 3. The molecule has 0 fully saturated rings. The maximum atomic E-state index is 5.65. The van der Waals surface area contributed by atoms with Gasteiger partial charge >= 0.3 is 0 Å². The molecule has 0 radical (unpaired) electrons. The molecule has 0 saturated carbocycles. The van der Waals surface area contributed by atoms with Gasteiger partial charge in [-0.3, -0.25) is 4.98 Å². The average molecular weight is 202 g/mol. The number of imidazole rings is 1. The van der Waals surface area contributed by atoms with E-state index in [0.717, 1.165) is 18.5 Å². The van der Waals surface area contributed by atoms with E-state index in [-0.39, 0.29) is 0 Å². The molecule has 0 aliphatic heterocycles. The molecule has 0 saturated heterocycles. The monoisotopic (exact) mass is 202 g/mol. The zero-order valence-electron chi connectivity index (χ0n) is 8.72. The van der Waals surface area contributed by atoms with Crippen molar-refractivity contribution in [3.8, 4) is 0 Å². The van der Waals surface area contributed by atoms with E-state index >= 15 is 0 Å². The molecule has 2 N–H and O–H groups in total. The molecule has 4 nitrogen and oxygen atoms in total. The summed E-state index contributed by atoms with van der Waals surface area (Å²) in [7, 11) is 1.90. The van der Waals surface area contributed by atoms with Gasteiger partial charge in [-0.25, -0.2) is 4.98 Å². The highest BCUT2D eigenvalue weighted by atomic mass is 15.1. The van der Waals surface area contributed by atoms with Crippen molar-refractivity contribution in [2.24, 2.45) is 7.05 Å². The largest absolute Gasteiger partial charge is 0.369 e. The highest BCUT2D eigenvalue weighted by Gasteiger charge is 2.01. The van der Waals surface area contributed by atoms with E-state index in [1.807, 2.05) is 30.1 Å². The number of pyridine rings is 1. The number of aromatic nitrogens is 3. The second kappa shape index (κ2) is 4.13. The van der Waals surface area contributed by atoms with E-state index in [1.54, 1.807) is 6.20 Å². The second-order valence-electron chi connectivity index (χ2n) is 3.56. The molecule has 0 unspecified atom stereocenters. The van der Waals surface area contributed by atoms with Crippen LogP contribution in [0.3, 0.4) is 0 Å². The van der Waals surface area contributed by atoms with E-state index in [9.17, 15) is 0 Å². The van der Waals surface area contributed by atoms with Gasteiger partial charge in [0.15, 0.2) is 5.95 Å². The van der Waals surface area contributed by atoms with Crippen molar-refractivity contribution in [2.45, 2.75) is 12.8 Å². The maximum Gasteiger partial charge on any atom is 0.200 e. The number of rotatable bonds is 3. The van der Waals surface area contributed by atoms with Gasteiger partial charge < -0.3 is 10.3 Å². The number of aryl methyl sites for hydroxylation is 3. The minimum Gasteiger partial charge on any atom is -0.369 e. The second-order valence-corrected chi connectivity index (χ2v) is 3.56. The van der Waals surface area contributed by atoms with Gasteiger partial charge in [-0.15, -0.1) is 0 Å². The number of nitrogens with two attached hydrogens (primary N) is 1. The molecule has 15 heavy (non-hydrogen) atoms. The van der Waals surface area contributed by atoms with E-state index in [4.69, 9.17) is 5.73 Å². The Bertz CT molecular complexity index is 414. The molecule has 0 atom stereocenters. The van der Waals surface area contributed by atoms with Gasteiger partial charge in [0.1, 0.15) is 0 Å². The fourth-order valence-electron chi connectivity index (χ4n) is 1.48. The normalized spacial score (nSPS) is 10.5. The molecule has 78 valence electrons. The molecule has 2 rings (SSSR count). The molecule has 0 spiro atoms. The Kier molecular flexibility index (Phi) is 2.67. The van der Waals surface area contributed by atoms with Crippen LogP contribution in [0.25, 0.3) is 0 Å². The van der Waals surface area contributed by atoms with Crippen LogP contribution in [0.1, 0.15) is 11.3 Å². The van der Waals surface area contributed by atoms with Gasteiger partial charge in [0.2, 0.25) is 0 Å². The number of anilines is 1. The Morgan fingerprint density at radius 2 is 2.27 bits per heavy atom. The van der Waals surface area contributed by atoms with Crippen molar-refractivity contribution in [1.29, 1.82) is 0 Å². The van der Waals surface area contributed by atoms with Crippen LogP contribution in [0.5, 0.6) is 0 Å². The topological polar surface area (TPSA) is 56.7 Å². The maximum absolute atomic E-state index is 5.65. The number of hydrogen-bond acceptors (Lipinski definition) is 3. The first-order valence-electron chi connectivity index (χ1n) is 4.92. The summed E-state index contributed by atoms with van der Waals surface area (Å²) in [6, 6.07) is 4.02. The first kappa shape index (κ1) is 9.71. The summed E-state index contributed by atoms with van der Waals surface area (Å²) in [5.74, 6) is 0.566. The molecule has 0 aromatic carbocycles. The van der Waals surface area contributed by atoms with Crippen LogP contribution in [0.4, 0.5) is 5.95 Å². The van der Waals surface area contributed by atoms with Gasteiger partial charge in [-0.1, -0.05) is 6.07 Å². The molecule has 4 heteroatoms. The standard InChI is InChI=1S/C11H14N4/c1-15-8-10(14-11(15)12)5-4-9-3-2-6-13-7-9/h2-3,6-8H,4-5H2,1H3,(H2,12,14). The summed E-state index contributed by atoms with van der Waals surface area (Å²) in [4.78, 5) is 8.32. The Morgan fingerprint density at radius 3 is 2.87 bits per heavy atom. The third kappa shape index (κ3) is 2.34. The van der Waals surface area contributed by atoms with Crippen LogP contribution in [0.2, 0.25) is 0 Å². The summed E-state index contributed by atoms with van der Waals surface area (Å²) >= 11 is 0. The summed E-state index contributed by atoms with van der Waals surface area (Å²) in [6.07, 6.45) is 7.47. The van der Waals surface area contributed by atoms with Crippen molar-refractivity contribution in [3.05, 3.63) is 42.0 Å². The molecule has 2 heterocycles. The molecule has 0 amide bonds. The van der Waals surface area contributed by atoms with E-state index < -0.39 is 0 Å². The van der Waals surface area contributed by atoms with Gasteiger partial charge in [0.25, 0.3) is 0 Å². The molecule has 0 bridgehead atoms. The van der Waals surface area contributed by atoms with Crippen molar-refractivity contribution in [3.63, 3.8) is 0 Å². The van der Waals surface area contributed by atoms with Crippen LogP contribution in [0.15, 0.2) is 30.7 Å². The Hall–Kier alpha value is -1.84. The van der Waals surface area contributed by atoms with E-state index in [1.165, 1.54) is 5.56 Å². The predicted molar refractivity (Wildman–Crippen MR) is 59.3 cm³/mol. The summed E-state index contributed by atoms with van der Waals surface area (Å²) < 4.78 is 1.83. The predicted octanol–water partition coefficient (Wildman–Crippen LogP) is 1.18. The summed E-state index contributed by atoms with van der Waals surface area (Å²) in [6.45, 7) is 0. The van der Waals surface area contributed by atoms with Crippen molar-refractivity contribution < 1.29 is 0 Å². The van der Waals surface area contributed by atoms with Crippen LogP contribution >= 0.6 is 0 Å². The Morgan fingerprint density at radius 1 is 1.40 bits per heavy atom. The molecule has 2 aromatic heterocycles. The SMILES string of the molecule is Cn1cc(CCc2cccnc2)nc1N. The minimum absolute atomic E-state index is 0.566. The lowest BCUT2D eigenvalue weighted by molar-refractivity contribution is 0.905. The Labute approximate surface area is 88.8 Å². The molecule has 0 aliphatic rings. The van der Waals surface area contributed by atoms with Gasteiger partial charge in [-0.2, -0.15) is 0 Å². The third-order valence-electron chi connectivity index (χ3n) is 2.35. The Balaban J connectivity index is 1.99. The molecule has 0 aliphatic carbocycles. The third-order valence-corrected chi connectivity index (χ3v) is 2.35. The number of hydrogen-bond donors (Lipinski definition) is 1. The lowest BCUT2D eigenvalue weighted by atomic mass is 10.1. The first-order chi connectivity index (χ1) is 7.25. The molecular weight excluding hydrogens is 188 g/mol. The van der Waals surface area contributed by atoms with Gasteiger partial charge in [0.05, 0.1) is 5.69 Å².